The number of hydrogen-bond acceptors (Lipinski definition) is 5. The zero-order chi connectivity index (χ0) is 21.8. The molecule has 0 atom stereocenters. The highest BCUT2D eigenvalue weighted by atomic mass is 79.9. The van der Waals surface area contributed by atoms with E-state index in [0.717, 1.165) is 30.5 Å². The lowest BCUT2D eigenvalue weighted by Crippen LogP contribution is -2.21. The van der Waals surface area contributed by atoms with E-state index in [1.54, 1.807) is 6.07 Å². The summed E-state index contributed by atoms with van der Waals surface area (Å²) >= 11 is 8.18. The third-order valence-corrected chi connectivity index (χ3v) is 6.47. The number of amides is 1. The van der Waals surface area contributed by atoms with Gasteiger partial charge in [-0.3, -0.25) is 4.79 Å². The average Bonchev–Trinajstić information content (AvgIpc) is 3.03. The first-order valence-corrected chi connectivity index (χ1v) is 11.4. The van der Waals surface area contributed by atoms with Gasteiger partial charge in [0.25, 0.3) is 5.91 Å². The molecule has 8 heteroatoms. The second-order valence-electron chi connectivity index (χ2n) is 6.51. The van der Waals surface area contributed by atoms with Crippen molar-refractivity contribution in [2.24, 2.45) is 0 Å². The number of methoxy groups -OCH3 is 1. The standard InChI is InChI=1S/C22H19Br2NO4S/c1-12-4-9-17(16(24)10-12)29-11-18(26)25-21-20(22(27)28-3)19(13(2)30-21)14-5-7-15(23)8-6-14/h4-10H,11H2,1-3H3,(H,25,26). The summed E-state index contributed by atoms with van der Waals surface area (Å²) in [6, 6.07) is 13.2. The Bertz CT molecular complexity index is 1090. The predicted molar refractivity (Wildman–Crippen MR) is 127 cm³/mol. The van der Waals surface area contributed by atoms with Gasteiger partial charge in [0.1, 0.15) is 16.3 Å². The Kier molecular flexibility index (Phi) is 7.33. The second-order valence-corrected chi connectivity index (χ2v) is 9.50. The first kappa shape index (κ1) is 22.5. The number of halogens is 2. The first-order chi connectivity index (χ1) is 14.3. The number of carbonyl (C=O) groups excluding carboxylic acids is 2. The normalized spacial score (nSPS) is 10.6. The molecule has 0 aliphatic carbocycles. The Morgan fingerprint density at radius 2 is 1.77 bits per heavy atom. The molecule has 5 nitrogen and oxygen atoms in total. The van der Waals surface area contributed by atoms with E-state index in [-0.39, 0.29) is 12.5 Å². The van der Waals surface area contributed by atoms with Crippen molar-refractivity contribution in [3.05, 3.63) is 67.4 Å². The third kappa shape index (κ3) is 5.11. The molecule has 0 aliphatic rings. The molecule has 0 aliphatic heterocycles. The van der Waals surface area contributed by atoms with E-state index in [1.807, 2.05) is 50.2 Å². The summed E-state index contributed by atoms with van der Waals surface area (Å²) in [7, 11) is 1.32. The van der Waals surface area contributed by atoms with Crippen LogP contribution in [-0.2, 0) is 9.53 Å². The number of benzene rings is 2. The lowest BCUT2D eigenvalue weighted by molar-refractivity contribution is -0.118. The van der Waals surface area contributed by atoms with Crippen molar-refractivity contribution in [1.29, 1.82) is 0 Å². The fraction of sp³-hybridized carbons (Fsp3) is 0.182. The van der Waals surface area contributed by atoms with E-state index >= 15 is 0 Å². The predicted octanol–water partition coefficient (Wildman–Crippen LogP) is 6.36. The zero-order valence-corrected chi connectivity index (χ0v) is 20.5. The summed E-state index contributed by atoms with van der Waals surface area (Å²) in [4.78, 5) is 26.0. The van der Waals surface area contributed by atoms with Crippen LogP contribution >= 0.6 is 43.2 Å². The topological polar surface area (TPSA) is 64.6 Å². The van der Waals surface area contributed by atoms with Crippen LogP contribution in [0, 0.1) is 13.8 Å². The van der Waals surface area contributed by atoms with Gasteiger partial charge in [-0.2, -0.15) is 0 Å². The van der Waals surface area contributed by atoms with Gasteiger partial charge in [0, 0.05) is 14.9 Å². The second kappa shape index (κ2) is 9.76. The number of esters is 1. The highest BCUT2D eigenvalue weighted by Crippen LogP contribution is 2.40. The van der Waals surface area contributed by atoms with E-state index in [2.05, 4.69) is 37.2 Å². The number of anilines is 1. The molecule has 30 heavy (non-hydrogen) atoms. The van der Waals surface area contributed by atoms with Gasteiger partial charge in [0.2, 0.25) is 0 Å². The van der Waals surface area contributed by atoms with Crippen LogP contribution in [0.15, 0.2) is 51.4 Å². The molecule has 1 N–H and O–H groups in total. The number of ether oxygens (including phenoxy) is 2. The van der Waals surface area contributed by atoms with E-state index in [4.69, 9.17) is 9.47 Å². The molecule has 0 bridgehead atoms. The molecule has 2 aromatic carbocycles. The van der Waals surface area contributed by atoms with Gasteiger partial charge in [0.05, 0.1) is 11.6 Å². The summed E-state index contributed by atoms with van der Waals surface area (Å²) in [5, 5.41) is 3.24. The van der Waals surface area contributed by atoms with E-state index < -0.39 is 5.97 Å². The summed E-state index contributed by atoms with van der Waals surface area (Å²) in [6.07, 6.45) is 0. The van der Waals surface area contributed by atoms with Crippen LogP contribution in [-0.4, -0.2) is 25.6 Å². The molecule has 0 saturated carbocycles. The number of carbonyl (C=O) groups is 2. The van der Waals surface area contributed by atoms with Crippen LogP contribution in [0.5, 0.6) is 5.75 Å². The molecule has 1 aromatic heterocycles. The van der Waals surface area contributed by atoms with Crippen molar-refractivity contribution in [3.63, 3.8) is 0 Å². The molecule has 0 spiro atoms. The summed E-state index contributed by atoms with van der Waals surface area (Å²) in [5.74, 6) is -0.298. The van der Waals surface area contributed by atoms with Gasteiger partial charge in [-0.1, -0.05) is 34.1 Å². The van der Waals surface area contributed by atoms with E-state index in [0.29, 0.717) is 16.3 Å². The molecule has 0 radical (unpaired) electrons. The summed E-state index contributed by atoms with van der Waals surface area (Å²) < 4.78 is 12.3. The number of aryl methyl sites for hydroxylation is 2. The monoisotopic (exact) mass is 551 g/mol. The third-order valence-electron chi connectivity index (χ3n) is 4.31. The van der Waals surface area contributed by atoms with Crippen molar-refractivity contribution >= 4 is 60.1 Å². The van der Waals surface area contributed by atoms with Crippen LogP contribution in [0.25, 0.3) is 11.1 Å². The molecule has 0 fully saturated rings. The van der Waals surface area contributed by atoms with Crippen molar-refractivity contribution in [3.8, 4) is 16.9 Å². The van der Waals surface area contributed by atoms with E-state index in [9.17, 15) is 9.59 Å². The number of thiophene rings is 1. The molecule has 156 valence electrons. The molecular weight excluding hydrogens is 534 g/mol. The molecule has 3 aromatic rings. The minimum Gasteiger partial charge on any atom is -0.483 e. The average molecular weight is 553 g/mol. The molecule has 0 saturated heterocycles. The lowest BCUT2D eigenvalue weighted by atomic mass is 10.0. The maximum atomic E-state index is 12.5. The highest BCUT2D eigenvalue weighted by Gasteiger charge is 2.25. The molecular formula is C22H19Br2NO4S. The summed E-state index contributed by atoms with van der Waals surface area (Å²) in [5.41, 5.74) is 3.03. The smallest absolute Gasteiger partial charge is 0.341 e. The van der Waals surface area contributed by atoms with Gasteiger partial charge in [0.15, 0.2) is 6.61 Å². The van der Waals surface area contributed by atoms with Crippen LogP contribution < -0.4 is 10.1 Å². The van der Waals surface area contributed by atoms with Gasteiger partial charge >= 0.3 is 5.97 Å². The Balaban J connectivity index is 1.84. The van der Waals surface area contributed by atoms with Crippen molar-refractivity contribution < 1.29 is 19.1 Å². The van der Waals surface area contributed by atoms with E-state index in [1.165, 1.54) is 18.4 Å². The van der Waals surface area contributed by atoms with Crippen molar-refractivity contribution in [2.75, 3.05) is 19.0 Å². The maximum Gasteiger partial charge on any atom is 0.341 e. The number of rotatable bonds is 6. The fourth-order valence-electron chi connectivity index (χ4n) is 2.92. The molecule has 0 unspecified atom stereocenters. The minimum absolute atomic E-state index is 0.188. The number of hydrogen-bond donors (Lipinski definition) is 1. The lowest BCUT2D eigenvalue weighted by Gasteiger charge is -2.10. The summed E-state index contributed by atoms with van der Waals surface area (Å²) in [6.45, 7) is 3.69. The van der Waals surface area contributed by atoms with Gasteiger partial charge < -0.3 is 14.8 Å². The van der Waals surface area contributed by atoms with Gasteiger partial charge in [-0.25, -0.2) is 4.79 Å². The Hall–Kier alpha value is -2.16. The minimum atomic E-state index is -0.505. The molecule has 3 rings (SSSR count). The van der Waals surface area contributed by atoms with Gasteiger partial charge in [-0.15, -0.1) is 11.3 Å². The van der Waals surface area contributed by atoms with Crippen LogP contribution in [0.2, 0.25) is 0 Å². The zero-order valence-electron chi connectivity index (χ0n) is 16.5. The largest absolute Gasteiger partial charge is 0.483 e. The van der Waals surface area contributed by atoms with Crippen LogP contribution in [0.1, 0.15) is 20.8 Å². The SMILES string of the molecule is COC(=O)c1c(NC(=O)COc2ccc(C)cc2Br)sc(C)c1-c1ccc(Br)cc1. The Labute approximate surface area is 195 Å². The van der Waals surface area contributed by atoms with Crippen molar-refractivity contribution in [1.82, 2.24) is 0 Å². The van der Waals surface area contributed by atoms with Crippen LogP contribution in [0.4, 0.5) is 5.00 Å². The number of nitrogens with one attached hydrogen (secondary N) is 1. The maximum absolute atomic E-state index is 12.5. The Morgan fingerprint density at radius 3 is 2.40 bits per heavy atom. The van der Waals surface area contributed by atoms with Crippen LogP contribution in [0.3, 0.4) is 0 Å². The van der Waals surface area contributed by atoms with Gasteiger partial charge in [-0.05, 0) is 65.2 Å². The fourth-order valence-corrected chi connectivity index (χ4v) is 4.88. The first-order valence-electron chi connectivity index (χ1n) is 8.96. The van der Waals surface area contributed by atoms with Crippen molar-refractivity contribution in [2.45, 2.75) is 13.8 Å². The quantitative estimate of drug-likeness (QED) is 0.361. The molecule has 1 heterocycles. The Morgan fingerprint density at radius 1 is 1.07 bits per heavy atom. The molecule has 1 amide bonds. The highest BCUT2D eigenvalue weighted by molar-refractivity contribution is 9.10.